The molecule has 0 fully saturated rings. The fraction of sp³-hybridized carbons (Fsp3) is 0.438. The van der Waals surface area contributed by atoms with E-state index in [1.54, 1.807) is 6.92 Å². The summed E-state index contributed by atoms with van der Waals surface area (Å²) in [5, 5.41) is 3.49. The monoisotopic (exact) mass is 408 g/mol. The van der Waals surface area contributed by atoms with Crippen LogP contribution in [0, 0.1) is 6.57 Å². The van der Waals surface area contributed by atoms with E-state index < -0.39 is 41.3 Å². The van der Waals surface area contributed by atoms with Crippen LogP contribution in [0.2, 0.25) is 0 Å². The second kappa shape index (κ2) is 7.42. The topological polar surface area (TPSA) is 41.1 Å². The molecule has 2 rings (SSSR count). The van der Waals surface area contributed by atoms with Gasteiger partial charge in [0.2, 0.25) is 0 Å². The predicted octanol–water partition coefficient (Wildman–Crippen LogP) is 5.71. The largest absolute Gasteiger partial charge is 0.431 e. The van der Waals surface area contributed by atoms with Gasteiger partial charge in [0.15, 0.2) is 5.69 Å². The molecule has 1 aromatic carbocycles. The highest BCUT2D eigenvalue weighted by molar-refractivity contribution is 8.14. The fourth-order valence-electron chi connectivity index (χ4n) is 2.38. The van der Waals surface area contributed by atoms with Crippen LogP contribution in [0.15, 0.2) is 28.3 Å². The molecule has 1 aliphatic heterocycles. The SMILES string of the molecule is [C-]#[N+]c1ccc(N=C(SCC)C2(C)CC(C(F)(F)F)=NN2)cc1C(F)(F)F. The molecule has 0 radical (unpaired) electrons. The van der Waals surface area contributed by atoms with E-state index in [0.29, 0.717) is 11.8 Å². The Kier molecular flexibility index (Phi) is 5.79. The van der Waals surface area contributed by atoms with Crippen LogP contribution in [0.3, 0.4) is 0 Å². The Morgan fingerprint density at radius 3 is 2.44 bits per heavy atom. The number of rotatable bonds is 3. The Bertz CT molecular complexity index is 822. The van der Waals surface area contributed by atoms with Crippen molar-refractivity contribution in [2.45, 2.75) is 38.2 Å². The minimum Gasteiger partial charge on any atom is -0.297 e. The molecule has 1 heterocycles. The normalized spacial score (nSPS) is 20.9. The molecule has 0 bridgehead atoms. The first kappa shape index (κ1) is 21.1. The summed E-state index contributed by atoms with van der Waals surface area (Å²) in [6.45, 7) is 10.0. The molecule has 27 heavy (non-hydrogen) atoms. The lowest BCUT2D eigenvalue weighted by atomic mass is 9.98. The standard InChI is InChI=1S/C16H14F6N4S/c1-4-27-13(14(2)8-12(25-26-14)16(20,21)22)24-9-5-6-11(23-3)10(7-9)15(17,18)19/h5-7,26H,4,8H2,1-2H3. The molecule has 1 unspecified atom stereocenters. The third-order valence-corrected chi connectivity index (χ3v) is 4.78. The Hall–Kier alpha value is -2.22. The summed E-state index contributed by atoms with van der Waals surface area (Å²) >= 11 is 1.11. The van der Waals surface area contributed by atoms with Crippen LogP contribution in [0.1, 0.15) is 25.8 Å². The summed E-state index contributed by atoms with van der Waals surface area (Å²) in [5.41, 5.74) is -1.70. The highest BCUT2D eigenvalue weighted by Gasteiger charge is 2.47. The highest BCUT2D eigenvalue weighted by Crippen LogP contribution is 2.39. The second-order valence-electron chi connectivity index (χ2n) is 5.84. The average molecular weight is 408 g/mol. The predicted molar refractivity (Wildman–Crippen MR) is 92.6 cm³/mol. The van der Waals surface area contributed by atoms with E-state index in [1.807, 2.05) is 0 Å². The van der Waals surface area contributed by atoms with Gasteiger partial charge in [-0.15, -0.1) is 11.8 Å². The maximum Gasteiger partial charge on any atom is 0.431 e. The molecule has 0 aliphatic carbocycles. The lowest BCUT2D eigenvalue weighted by Crippen LogP contribution is -2.43. The van der Waals surface area contributed by atoms with Crippen molar-refractivity contribution in [3.63, 3.8) is 0 Å². The van der Waals surface area contributed by atoms with E-state index in [0.717, 1.165) is 17.8 Å². The minimum atomic E-state index is -4.74. The third kappa shape index (κ3) is 4.74. The molecule has 1 atom stereocenters. The first-order valence-electron chi connectivity index (χ1n) is 7.62. The highest BCUT2D eigenvalue weighted by atomic mass is 32.2. The maximum absolute atomic E-state index is 13.1. The van der Waals surface area contributed by atoms with Crippen molar-refractivity contribution in [3.8, 4) is 0 Å². The summed E-state index contributed by atoms with van der Waals surface area (Å²) in [6, 6.07) is 2.93. The van der Waals surface area contributed by atoms with Crippen LogP contribution in [-0.2, 0) is 6.18 Å². The van der Waals surface area contributed by atoms with Gasteiger partial charge in [0.1, 0.15) is 16.3 Å². The number of nitrogens with one attached hydrogen (secondary N) is 1. The van der Waals surface area contributed by atoms with Gasteiger partial charge >= 0.3 is 12.4 Å². The van der Waals surface area contributed by atoms with Crippen LogP contribution in [0.25, 0.3) is 4.85 Å². The molecule has 0 saturated heterocycles. The molecule has 1 aliphatic rings. The van der Waals surface area contributed by atoms with Crippen LogP contribution in [-0.4, -0.2) is 28.2 Å². The summed E-state index contributed by atoms with van der Waals surface area (Å²) in [5.74, 6) is 0.448. The first-order chi connectivity index (χ1) is 12.4. The Labute approximate surface area is 155 Å². The third-order valence-electron chi connectivity index (χ3n) is 3.68. The van der Waals surface area contributed by atoms with E-state index in [9.17, 15) is 26.3 Å². The lowest BCUT2D eigenvalue weighted by molar-refractivity contribution is -0.136. The second-order valence-corrected chi connectivity index (χ2v) is 7.09. The van der Waals surface area contributed by atoms with Crippen LogP contribution < -0.4 is 5.43 Å². The molecular weight excluding hydrogens is 394 g/mol. The van der Waals surface area contributed by atoms with E-state index in [2.05, 4.69) is 20.4 Å². The molecule has 0 aromatic heterocycles. The zero-order chi connectivity index (χ0) is 20.5. The van der Waals surface area contributed by atoms with Gasteiger partial charge in [-0.25, -0.2) is 9.84 Å². The molecule has 1 N–H and O–H groups in total. The van der Waals surface area contributed by atoms with E-state index in [-0.39, 0.29) is 10.7 Å². The number of aliphatic imine (C=N–C) groups is 1. The lowest BCUT2D eigenvalue weighted by Gasteiger charge is -2.25. The number of hydrazone groups is 1. The van der Waals surface area contributed by atoms with Crippen molar-refractivity contribution in [3.05, 3.63) is 35.2 Å². The Morgan fingerprint density at radius 1 is 1.30 bits per heavy atom. The van der Waals surface area contributed by atoms with Crippen molar-refractivity contribution in [2.24, 2.45) is 10.1 Å². The number of alkyl halides is 6. The van der Waals surface area contributed by atoms with Gasteiger partial charge in [-0.1, -0.05) is 13.0 Å². The molecule has 0 spiro atoms. The Balaban J connectivity index is 2.44. The van der Waals surface area contributed by atoms with Crippen molar-refractivity contribution >= 4 is 33.9 Å². The molecular formula is C16H14F6N4S. The van der Waals surface area contributed by atoms with E-state index in [1.165, 1.54) is 13.0 Å². The molecule has 4 nitrogen and oxygen atoms in total. The van der Waals surface area contributed by atoms with Gasteiger partial charge in [0.25, 0.3) is 0 Å². The number of hydrogen-bond acceptors (Lipinski definition) is 4. The van der Waals surface area contributed by atoms with Crippen molar-refractivity contribution in [2.75, 3.05) is 5.75 Å². The number of nitrogens with zero attached hydrogens (tertiary/aromatic N) is 3. The van der Waals surface area contributed by atoms with Crippen LogP contribution >= 0.6 is 11.8 Å². The quantitative estimate of drug-likeness (QED) is 0.301. The fourth-order valence-corrected chi connectivity index (χ4v) is 3.26. The average Bonchev–Trinajstić information content (AvgIpc) is 2.97. The van der Waals surface area contributed by atoms with E-state index >= 15 is 0 Å². The Morgan fingerprint density at radius 2 is 1.96 bits per heavy atom. The summed E-state index contributed by atoms with van der Waals surface area (Å²) < 4.78 is 78.0. The molecule has 11 heteroatoms. The molecule has 146 valence electrons. The van der Waals surface area contributed by atoms with Gasteiger partial charge in [-0.2, -0.15) is 31.4 Å². The zero-order valence-electron chi connectivity index (χ0n) is 14.2. The van der Waals surface area contributed by atoms with Gasteiger partial charge in [0, 0.05) is 6.42 Å². The smallest absolute Gasteiger partial charge is 0.297 e. The zero-order valence-corrected chi connectivity index (χ0v) is 15.0. The van der Waals surface area contributed by atoms with Crippen LogP contribution in [0.4, 0.5) is 37.7 Å². The van der Waals surface area contributed by atoms with Crippen molar-refractivity contribution < 1.29 is 26.3 Å². The van der Waals surface area contributed by atoms with Crippen LogP contribution in [0.5, 0.6) is 0 Å². The van der Waals surface area contributed by atoms with Gasteiger partial charge in [-0.3, -0.25) is 5.43 Å². The van der Waals surface area contributed by atoms with E-state index in [4.69, 9.17) is 6.57 Å². The van der Waals surface area contributed by atoms with Gasteiger partial charge in [-0.05, 0) is 24.8 Å². The number of halogens is 6. The summed E-state index contributed by atoms with van der Waals surface area (Å²) in [7, 11) is 0. The number of thioether (sulfide) groups is 1. The van der Waals surface area contributed by atoms with Crippen molar-refractivity contribution in [1.29, 1.82) is 0 Å². The minimum absolute atomic E-state index is 0.103. The number of benzene rings is 1. The summed E-state index contributed by atoms with van der Waals surface area (Å²) in [6.07, 6.45) is -9.84. The summed E-state index contributed by atoms with van der Waals surface area (Å²) in [4.78, 5) is 6.98. The molecule has 0 saturated carbocycles. The number of hydrogen-bond donors (Lipinski definition) is 1. The van der Waals surface area contributed by atoms with Crippen molar-refractivity contribution in [1.82, 2.24) is 5.43 Å². The van der Waals surface area contributed by atoms with Gasteiger partial charge < -0.3 is 0 Å². The first-order valence-corrected chi connectivity index (χ1v) is 8.61. The van der Waals surface area contributed by atoms with Gasteiger partial charge in [0.05, 0.1) is 17.8 Å². The maximum atomic E-state index is 13.1. The molecule has 0 amide bonds. The molecule has 1 aromatic rings.